The van der Waals surface area contributed by atoms with E-state index in [2.05, 4.69) is 61.8 Å². The molecule has 0 bridgehead atoms. The lowest BCUT2D eigenvalue weighted by Crippen LogP contribution is -2.48. The number of fused-ring (bicyclic) bond motifs is 2. The Morgan fingerprint density at radius 2 is 1.95 bits per heavy atom. The molecule has 2 aliphatic carbocycles. The second kappa shape index (κ2) is 12.3. The monoisotopic (exact) mass is 562 g/mol. The van der Waals surface area contributed by atoms with Crippen LogP contribution < -0.4 is 5.32 Å². The molecule has 1 aromatic rings. The quantitative estimate of drug-likeness (QED) is 0.409. The first kappa shape index (κ1) is 29.8. The number of amides is 2. The average Bonchev–Trinajstić information content (AvgIpc) is 3.51. The number of hydrogen-bond acceptors (Lipinski definition) is 4. The van der Waals surface area contributed by atoms with Crippen molar-refractivity contribution >= 4 is 17.4 Å². The van der Waals surface area contributed by atoms with Crippen LogP contribution in [-0.4, -0.2) is 72.0 Å². The molecule has 0 spiro atoms. The van der Waals surface area contributed by atoms with Gasteiger partial charge in [0.05, 0.1) is 12.7 Å². The number of ether oxygens (including phenoxy) is 1. The highest BCUT2D eigenvalue weighted by atomic mass is 16.5. The molecule has 3 atom stereocenters. The molecule has 41 heavy (non-hydrogen) atoms. The first-order chi connectivity index (χ1) is 19.6. The molecule has 7 nitrogen and oxygen atoms in total. The molecule has 2 fully saturated rings. The molecule has 1 aromatic heterocycles. The van der Waals surface area contributed by atoms with E-state index in [1.807, 2.05) is 17.9 Å². The van der Waals surface area contributed by atoms with Crippen molar-refractivity contribution in [2.24, 2.45) is 17.3 Å². The second-order valence-electron chi connectivity index (χ2n) is 13.7. The fourth-order valence-corrected chi connectivity index (χ4v) is 7.36. The number of piperidine rings is 1. The Kier molecular flexibility index (Phi) is 8.95. The van der Waals surface area contributed by atoms with Crippen LogP contribution in [0.4, 0.5) is 0 Å². The van der Waals surface area contributed by atoms with E-state index in [1.165, 1.54) is 12.8 Å². The Morgan fingerprint density at radius 1 is 1.20 bits per heavy atom. The molecule has 3 heterocycles. The summed E-state index contributed by atoms with van der Waals surface area (Å²) in [6.45, 7) is 16.6. The lowest BCUT2D eigenvalue weighted by atomic mass is 9.74. The van der Waals surface area contributed by atoms with Crippen molar-refractivity contribution in [1.82, 2.24) is 20.1 Å². The smallest absolute Gasteiger partial charge is 0.268 e. The summed E-state index contributed by atoms with van der Waals surface area (Å²) in [4.78, 5) is 35.4. The number of carbonyl (C=O) groups is 2. The van der Waals surface area contributed by atoms with Gasteiger partial charge in [0.15, 0.2) is 0 Å². The van der Waals surface area contributed by atoms with Crippen LogP contribution in [0.2, 0.25) is 0 Å². The summed E-state index contributed by atoms with van der Waals surface area (Å²) < 4.78 is 6.46. The molecule has 0 aromatic carbocycles. The normalized spacial score (nSPS) is 25.0. The van der Waals surface area contributed by atoms with Crippen molar-refractivity contribution in [1.29, 1.82) is 0 Å². The van der Waals surface area contributed by atoms with E-state index in [-0.39, 0.29) is 29.3 Å². The van der Waals surface area contributed by atoms with Gasteiger partial charge in [-0.05, 0) is 94.1 Å². The van der Waals surface area contributed by atoms with Crippen LogP contribution in [0.5, 0.6) is 0 Å². The maximum atomic E-state index is 14.0. The number of carbonyl (C=O) groups excluding carboxylic acids is 2. The largest absolute Gasteiger partial charge is 0.373 e. The molecule has 2 unspecified atom stereocenters. The van der Waals surface area contributed by atoms with Crippen molar-refractivity contribution in [3.63, 3.8) is 0 Å². The van der Waals surface area contributed by atoms with Gasteiger partial charge in [-0.3, -0.25) is 9.59 Å². The maximum absolute atomic E-state index is 14.0. The van der Waals surface area contributed by atoms with E-state index in [0.29, 0.717) is 24.6 Å². The highest BCUT2D eigenvalue weighted by molar-refractivity contribution is 5.99. The van der Waals surface area contributed by atoms with Crippen LogP contribution in [-0.2, 0) is 16.0 Å². The van der Waals surface area contributed by atoms with Crippen LogP contribution in [0.25, 0.3) is 5.57 Å². The summed E-state index contributed by atoms with van der Waals surface area (Å²) in [5, 5.41) is 3.14. The molecular formula is C34H50N4O3. The zero-order valence-corrected chi connectivity index (χ0v) is 25.9. The van der Waals surface area contributed by atoms with Crippen molar-refractivity contribution in [3.8, 4) is 0 Å². The van der Waals surface area contributed by atoms with Gasteiger partial charge in [0, 0.05) is 29.4 Å². The molecule has 0 saturated carbocycles. The van der Waals surface area contributed by atoms with Crippen molar-refractivity contribution < 1.29 is 14.3 Å². The number of nitrogens with one attached hydrogen (secondary N) is 2. The van der Waals surface area contributed by atoms with Crippen LogP contribution >= 0.6 is 0 Å². The molecule has 0 radical (unpaired) electrons. The number of likely N-dealkylation sites (tertiary alicyclic amines) is 2. The Hall–Kier alpha value is -2.64. The third-order valence-corrected chi connectivity index (χ3v) is 9.65. The van der Waals surface area contributed by atoms with E-state index >= 15 is 0 Å². The first-order valence-corrected chi connectivity index (χ1v) is 15.8. The summed E-state index contributed by atoms with van der Waals surface area (Å²) >= 11 is 0. The maximum Gasteiger partial charge on any atom is 0.268 e. The zero-order valence-electron chi connectivity index (χ0n) is 25.9. The molecule has 7 heteroatoms. The van der Waals surface area contributed by atoms with E-state index in [4.69, 9.17) is 4.74 Å². The molecule has 2 amide bonds. The SMILES string of the molecule is C=C1CC(C)(C)Cc2[nH]c(C(=O)N[C@@H](CCCC)C(=O)N3CCC4C3=CC=CC4OCC3CCN(C)CC3)c(C)c21. The lowest BCUT2D eigenvalue weighted by Gasteiger charge is -2.32. The number of aromatic amines is 1. The van der Waals surface area contributed by atoms with Crippen molar-refractivity contribution in [3.05, 3.63) is 53.0 Å². The molecule has 4 aliphatic rings. The van der Waals surface area contributed by atoms with E-state index < -0.39 is 6.04 Å². The minimum atomic E-state index is -0.564. The second-order valence-corrected chi connectivity index (χ2v) is 13.7. The molecule has 2 saturated heterocycles. The van der Waals surface area contributed by atoms with Crippen LogP contribution in [0.15, 0.2) is 30.5 Å². The number of aromatic nitrogens is 1. The van der Waals surface area contributed by atoms with Gasteiger partial charge in [-0.2, -0.15) is 0 Å². The third kappa shape index (κ3) is 6.41. The van der Waals surface area contributed by atoms with Crippen molar-refractivity contribution in [2.45, 2.75) is 91.2 Å². The number of H-pyrrole nitrogens is 1. The van der Waals surface area contributed by atoms with Gasteiger partial charge in [0.25, 0.3) is 5.91 Å². The van der Waals surface area contributed by atoms with Gasteiger partial charge in [-0.25, -0.2) is 0 Å². The number of hydrogen-bond donors (Lipinski definition) is 2. The summed E-state index contributed by atoms with van der Waals surface area (Å²) in [6, 6.07) is -0.564. The molecule has 2 N–H and O–H groups in total. The number of unbranched alkanes of at least 4 members (excludes halogenated alkanes) is 1. The standard InChI is InChI=1S/C34H50N4O3/c1-7-8-10-26(36-32(39)31-23(3)30-22(2)19-34(4,5)20-27(30)35-31)33(40)38-18-15-25-28(38)11-9-12-29(25)41-21-24-13-16-37(6)17-14-24/h9,11-12,24-26,29,35H,2,7-8,10,13-21H2,1,3-6H3,(H,36,39)/t25?,26-,29?/m0/s1. The van der Waals surface area contributed by atoms with E-state index in [1.54, 1.807) is 0 Å². The van der Waals surface area contributed by atoms with Gasteiger partial charge in [-0.1, -0.05) is 52.3 Å². The molecular weight excluding hydrogens is 512 g/mol. The van der Waals surface area contributed by atoms with Crippen LogP contribution in [0.1, 0.15) is 93.0 Å². The lowest BCUT2D eigenvalue weighted by molar-refractivity contribution is -0.131. The van der Waals surface area contributed by atoms with Gasteiger partial charge >= 0.3 is 0 Å². The summed E-state index contributed by atoms with van der Waals surface area (Å²) in [6.07, 6.45) is 13.8. The minimum Gasteiger partial charge on any atom is -0.373 e. The highest BCUT2D eigenvalue weighted by Crippen LogP contribution is 2.42. The van der Waals surface area contributed by atoms with Gasteiger partial charge in [0.1, 0.15) is 11.7 Å². The minimum absolute atomic E-state index is 0.00128. The summed E-state index contributed by atoms with van der Waals surface area (Å²) in [5.41, 5.74) is 5.90. The zero-order chi connectivity index (χ0) is 29.3. The fraction of sp³-hybridized carbons (Fsp3) is 0.647. The highest BCUT2D eigenvalue weighted by Gasteiger charge is 2.40. The third-order valence-electron chi connectivity index (χ3n) is 9.65. The summed E-state index contributed by atoms with van der Waals surface area (Å²) in [5.74, 6) is 0.575. The van der Waals surface area contributed by atoms with Crippen molar-refractivity contribution in [2.75, 3.05) is 33.3 Å². The predicted molar refractivity (Wildman–Crippen MR) is 164 cm³/mol. The number of nitrogens with zero attached hydrogens (tertiary/aromatic N) is 2. The number of rotatable bonds is 9. The fourth-order valence-electron chi connectivity index (χ4n) is 7.36. The number of allylic oxidation sites excluding steroid dienone is 3. The van der Waals surface area contributed by atoms with E-state index in [9.17, 15) is 9.59 Å². The Balaban J connectivity index is 1.26. The van der Waals surface area contributed by atoms with Gasteiger partial charge < -0.3 is 24.8 Å². The predicted octanol–water partition coefficient (Wildman–Crippen LogP) is 5.63. The Morgan fingerprint density at radius 3 is 2.68 bits per heavy atom. The molecule has 2 aliphatic heterocycles. The van der Waals surface area contributed by atoms with Crippen LogP contribution in [0.3, 0.4) is 0 Å². The Bertz CT molecular complexity index is 1220. The average molecular weight is 563 g/mol. The van der Waals surface area contributed by atoms with Gasteiger partial charge in [0.2, 0.25) is 5.91 Å². The Labute approximate surface area is 246 Å². The first-order valence-electron chi connectivity index (χ1n) is 15.8. The van der Waals surface area contributed by atoms with Crippen LogP contribution in [0, 0.1) is 24.2 Å². The molecule has 224 valence electrons. The van der Waals surface area contributed by atoms with Gasteiger partial charge in [-0.15, -0.1) is 0 Å². The molecule has 5 rings (SSSR count). The topological polar surface area (TPSA) is 77.7 Å². The van der Waals surface area contributed by atoms with E-state index in [0.717, 1.165) is 79.9 Å². The summed E-state index contributed by atoms with van der Waals surface area (Å²) in [7, 11) is 2.18.